The van der Waals surface area contributed by atoms with E-state index in [4.69, 9.17) is 23.2 Å². The number of rotatable bonds is 1. The lowest BCUT2D eigenvalue weighted by atomic mass is 9.80. The minimum Gasteiger partial charge on any atom is -0.324 e. The van der Waals surface area contributed by atoms with Crippen LogP contribution in [0, 0.1) is 12.3 Å². The van der Waals surface area contributed by atoms with Crippen LogP contribution in [0.3, 0.4) is 0 Å². The lowest BCUT2D eigenvalue weighted by Crippen LogP contribution is -2.48. The molecule has 0 aromatic heterocycles. The van der Waals surface area contributed by atoms with E-state index < -0.39 is 9.84 Å². The molecule has 0 radical (unpaired) electrons. The monoisotopic (exact) mass is 390 g/mol. The molecule has 1 unspecified atom stereocenters. The quantitative estimate of drug-likeness (QED) is 0.793. The summed E-state index contributed by atoms with van der Waals surface area (Å²) in [5, 5.41) is 3.76. The topological polar surface area (TPSA) is 66.5 Å². The van der Waals surface area contributed by atoms with Crippen LogP contribution < -0.4 is 5.32 Å². The summed E-state index contributed by atoms with van der Waals surface area (Å²) in [6.07, 6.45) is 2.30. The lowest BCUT2D eigenvalue weighted by molar-refractivity contribution is 0.130. The zero-order valence-corrected chi connectivity index (χ0v) is 15.8. The van der Waals surface area contributed by atoms with Crippen molar-refractivity contribution in [2.24, 2.45) is 5.41 Å². The van der Waals surface area contributed by atoms with Gasteiger partial charge in [0.25, 0.3) is 0 Å². The van der Waals surface area contributed by atoms with Gasteiger partial charge in [-0.25, -0.2) is 13.2 Å². The third-order valence-corrected chi connectivity index (χ3v) is 7.51. The van der Waals surface area contributed by atoms with E-state index in [0.29, 0.717) is 35.2 Å². The van der Waals surface area contributed by atoms with Crippen molar-refractivity contribution in [2.45, 2.75) is 26.2 Å². The first-order valence-electron chi connectivity index (χ1n) is 7.92. The van der Waals surface area contributed by atoms with E-state index >= 15 is 0 Å². The summed E-state index contributed by atoms with van der Waals surface area (Å²) >= 11 is 12.3. The van der Waals surface area contributed by atoms with Crippen LogP contribution in [0.1, 0.15) is 24.8 Å². The molecule has 5 nitrogen and oxygen atoms in total. The minimum atomic E-state index is -2.98. The Morgan fingerprint density at radius 1 is 1.25 bits per heavy atom. The molecular weight excluding hydrogens is 371 g/mol. The Morgan fingerprint density at radius 2 is 2.00 bits per heavy atom. The molecule has 3 rings (SSSR count). The highest BCUT2D eigenvalue weighted by molar-refractivity contribution is 7.91. The van der Waals surface area contributed by atoms with Gasteiger partial charge in [-0.15, -0.1) is 0 Å². The van der Waals surface area contributed by atoms with Crippen LogP contribution in [0.4, 0.5) is 10.5 Å². The fraction of sp³-hybridized carbons (Fsp3) is 0.562. The fourth-order valence-electron chi connectivity index (χ4n) is 3.62. The number of anilines is 1. The molecule has 132 valence electrons. The van der Waals surface area contributed by atoms with Gasteiger partial charge in [-0.2, -0.15) is 0 Å². The van der Waals surface area contributed by atoms with E-state index in [2.05, 4.69) is 5.32 Å². The molecule has 1 atom stereocenters. The summed E-state index contributed by atoms with van der Waals surface area (Å²) in [6, 6.07) is 3.08. The first-order valence-corrected chi connectivity index (χ1v) is 10.5. The molecule has 8 heteroatoms. The summed E-state index contributed by atoms with van der Waals surface area (Å²) in [5.41, 5.74) is 1.02. The molecule has 0 aliphatic carbocycles. The van der Waals surface area contributed by atoms with Crippen LogP contribution in [0.25, 0.3) is 0 Å². The molecule has 2 aliphatic heterocycles. The summed E-state index contributed by atoms with van der Waals surface area (Å²) in [4.78, 5) is 14.3. The summed E-state index contributed by atoms with van der Waals surface area (Å²) < 4.78 is 23.7. The Balaban J connectivity index is 1.73. The molecule has 2 aliphatic rings. The Kier molecular flexibility index (Phi) is 4.75. The average Bonchev–Trinajstić information content (AvgIpc) is 2.79. The van der Waals surface area contributed by atoms with Crippen LogP contribution in [-0.2, 0) is 9.84 Å². The molecule has 24 heavy (non-hydrogen) atoms. The number of amides is 2. The van der Waals surface area contributed by atoms with Crippen LogP contribution in [0.2, 0.25) is 10.0 Å². The number of hydrogen-bond donors (Lipinski definition) is 1. The first kappa shape index (κ1) is 17.8. The predicted molar refractivity (Wildman–Crippen MR) is 96.7 cm³/mol. The molecule has 0 bridgehead atoms. The summed E-state index contributed by atoms with van der Waals surface area (Å²) in [5.74, 6) is 0.406. The highest BCUT2D eigenvalue weighted by atomic mass is 35.5. The molecule has 2 heterocycles. The Hall–Kier alpha value is -0.980. The van der Waals surface area contributed by atoms with Crippen molar-refractivity contribution in [3.05, 3.63) is 27.7 Å². The van der Waals surface area contributed by atoms with Crippen molar-refractivity contribution in [1.29, 1.82) is 0 Å². The van der Waals surface area contributed by atoms with Gasteiger partial charge < -0.3 is 10.2 Å². The standard InChI is InChI=1S/C16H20Cl2N2O3S/c1-11-7-13(18)14(8-12(11)17)19-15(21)20-5-2-3-16(9-20)4-6-24(22,23)10-16/h7-8H,2-6,9-10H2,1H3,(H,19,21). The van der Waals surface area contributed by atoms with Gasteiger partial charge in [-0.1, -0.05) is 23.2 Å². The Bertz CT molecular complexity index is 782. The third kappa shape index (κ3) is 3.65. The number of aryl methyl sites for hydroxylation is 1. The van der Waals surface area contributed by atoms with E-state index in [0.717, 1.165) is 18.4 Å². The molecule has 2 fully saturated rings. The van der Waals surface area contributed by atoms with Crippen molar-refractivity contribution in [2.75, 3.05) is 29.9 Å². The van der Waals surface area contributed by atoms with E-state index in [9.17, 15) is 13.2 Å². The van der Waals surface area contributed by atoms with Gasteiger partial charge in [0.1, 0.15) is 0 Å². The van der Waals surface area contributed by atoms with Crippen LogP contribution in [-0.4, -0.2) is 43.9 Å². The number of nitrogens with one attached hydrogen (secondary N) is 1. The van der Waals surface area contributed by atoms with E-state index in [1.807, 2.05) is 6.92 Å². The van der Waals surface area contributed by atoms with Crippen molar-refractivity contribution < 1.29 is 13.2 Å². The average molecular weight is 391 g/mol. The summed E-state index contributed by atoms with van der Waals surface area (Å²) in [7, 11) is -2.98. The van der Waals surface area contributed by atoms with Crippen molar-refractivity contribution in [1.82, 2.24) is 4.90 Å². The number of nitrogens with zero attached hydrogens (tertiary/aromatic N) is 1. The van der Waals surface area contributed by atoms with E-state index in [1.165, 1.54) is 0 Å². The van der Waals surface area contributed by atoms with Crippen LogP contribution in [0.5, 0.6) is 0 Å². The van der Waals surface area contributed by atoms with Crippen LogP contribution in [0.15, 0.2) is 12.1 Å². The molecule has 1 N–H and O–H groups in total. The van der Waals surface area contributed by atoms with Crippen molar-refractivity contribution in [3.63, 3.8) is 0 Å². The number of piperidine rings is 1. The second-order valence-electron chi connectivity index (χ2n) is 6.88. The largest absolute Gasteiger partial charge is 0.324 e. The molecule has 1 aromatic rings. The lowest BCUT2D eigenvalue weighted by Gasteiger charge is -2.39. The van der Waals surface area contributed by atoms with Gasteiger partial charge in [0.15, 0.2) is 9.84 Å². The maximum atomic E-state index is 12.6. The molecule has 0 saturated carbocycles. The normalized spacial score (nSPS) is 25.9. The van der Waals surface area contributed by atoms with Crippen LogP contribution >= 0.6 is 23.2 Å². The maximum Gasteiger partial charge on any atom is 0.321 e. The highest BCUT2D eigenvalue weighted by Gasteiger charge is 2.45. The molecule has 2 amide bonds. The Labute approximate surface area is 152 Å². The zero-order valence-electron chi connectivity index (χ0n) is 13.4. The SMILES string of the molecule is Cc1cc(Cl)c(NC(=O)N2CCCC3(CCS(=O)(=O)C3)C2)cc1Cl. The minimum absolute atomic E-state index is 0.181. The van der Waals surface area contributed by atoms with Gasteiger partial charge in [-0.3, -0.25) is 0 Å². The van der Waals surface area contributed by atoms with Crippen molar-refractivity contribution >= 4 is 44.8 Å². The number of carbonyl (C=O) groups excluding carboxylic acids is 1. The number of halogens is 2. The second-order valence-corrected chi connectivity index (χ2v) is 9.88. The van der Waals surface area contributed by atoms with E-state index in [-0.39, 0.29) is 23.0 Å². The van der Waals surface area contributed by atoms with Gasteiger partial charge in [0.05, 0.1) is 22.2 Å². The number of benzene rings is 1. The van der Waals surface area contributed by atoms with E-state index in [1.54, 1.807) is 17.0 Å². The summed E-state index contributed by atoms with van der Waals surface area (Å²) in [6.45, 7) is 2.93. The fourth-order valence-corrected chi connectivity index (χ4v) is 6.25. The molecular formula is C16H20Cl2N2O3S. The number of hydrogen-bond acceptors (Lipinski definition) is 3. The second kappa shape index (κ2) is 6.39. The van der Waals surface area contributed by atoms with Gasteiger partial charge in [0, 0.05) is 23.5 Å². The Morgan fingerprint density at radius 3 is 2.67 bits per heavy atom. The highest BCUT2D eigenvalue weighted by Crippen LogP contribution is 2.40. The van der Waals surface area contributed by atoms with Crippen molar-refractivity contribution in [3.8, 4) is 0 Å². The van der Waals surface area contributed by atoms with Gasteiger partial charge >= 0.3 is 6.03 Å². The third-order valence-electron chi connectivity index (χ3n) is 4.91. The molecule has 1 aromatic carbocycles. The smallest absolute Gasteiger partial charge is 0.321 e. The predicted octanol–water partition coefficient (Wildman–Crippen LogP) is 3.73. The number of sulfone groups is 1. The number of likely N-dealkylation sites (tertiary alicyclic amines) is 1. The molecule has 1 spiro atoms. The first-order chi connectivity index (χ1) is 11.2. The van der Waals surface area contributed by atoms with Gasteiger partial charge in [-0.05, 0) is 43.9 Å². The maximum absolute atomic E-state index is 12.6. The number of urea groups is 1. The van der Waals surface area contributed by atoms with Gasteiger partial charge in [0.2, 0.25) is 0 Å². The molecule has 2 saturated heterocycles. The zero-order chi connectivity index (χ0) is 17.5. The number of carbonyl (C=O) groups is 1.